The lowest BCUT2D eigenvalue weighted by Crippen LogP contribution is -2.37. The predicted molar refractivity (Wildman–Crippen MR) is 73.8 cm³/mol. The fourth-order valence-electron chi connectivity index (χ4n) is 1.97. The highest BCUT2D eigenvalue weighted by Crippen LogP contribution is 2.12. The molecule has 1 atom stereocenters. The van der Waals surface area contributed by atoms with E-state index in [0.29, 0.717) is 11.9 Å². The van der Waals surface area contributed by atoms with Crippen LogP contribution in [0.25, 0.3) is 0 Å². The zero-order valence-corrected chi connectivity index (χ0v) is 11.7. The third-order valence-electron chi connectivity index (χ3n) is 3.19. The minimum absolute atomic E-state index is 0.592. The zero-order chi connectivity index (χ0) is 13.2. The molecule has 0 saturated carbocycles. The van der Waals surface area contributed by atoms with E-state index in [1.807, 2.05) is 0 Å². The van der Waals surface area contributed by atoms with Gasteiger partial charge in [-0.3, -0.25) is 4.99 Å². The van der Waals surface area contributed by atoms with Gasteiger partial charge in [-0.15, -0.1) is 0 Å². The lowest BCUT2D eigenvalue weighted by molar-refractivity contribution is 0.0893. The van der Waals surface area contributed by atoms with Gasteiger partial charge in [0.15, 0.2) is 5.96 Å². The maximum atomic E-state index is 5.87. The SMILES string of the molecule is CCN(CC)C(N)=NCCCOCC1CCOC1. The molecular weight excluding hydrogens is 230 g/mol. The van der Waals surface area contributed by atoms with E-state index in [-0.39, 0.29) is 0 Å². The number of ether oxygens (including phenoxy) is 2. The van der Waals surface area contributed by atoms with E-state index in [4.69, 9.17) is 15.2 Å². The van der Waals surface area contributed by atoms with Crippen molar-refractivity contribution in [2.75, 3.05) is 46.1 Å². The summed E-state index contributed by atoms with van der Waals surface area (Å²) in [6.07, 6.45) is 2.06. The molecule has 1 unspecified atom stereocenters. The van der Waals surface area contributed by atoms with E-state index in [2.05, 4.69) is 23.7 Å². The first-order valence-corrected chi connectivity index (χ1v) is 6.98. The van der Waals surface area contributed by atoms with Gasteiger partial charge in [0.25, 0.3) is 0 Å². The van der Waals surface area contributed by atoms with Gasteiger partial charge in [0.1, 0.15) is 0 Å². The molecule has 0 radical (unpaired) electrons. The number of hydrogen-bond acceptors (Lipinski definition) is 3. The maximum absolute atomic E-state index is 5.87. The molecule has 1 rings (SSSR count). The van der Waals surface area contributed by atoms with Gasteiger partial charge in [0.2, 0.25) is 0 Å². The van der Waals surface area contributed by atoms with Crippen LogP contribution in [0.15, 0.2) is 4.99 Å². The summed E-state index contributed by atoms with van der Waals surface area (Å²) in [5.74, 6) is 1.23. The molecule has 0 aromatic carbocycles. The number of guanidine groups is 1. The van der Waals surface area contributed by atoms with E-state index < -0.39 is 0 Å². The minimum atomic E-state index is 0.592. The maximum Gasteiger partial charge on any atom is 0.191 e. The molecule has 106 valence electrons. The van der Waals surface area contributed by atoms with Crippen LogP contribution in [0.1, 0.15) is 26.7 Å². The van der Waals surface area contributed by atoms with E-state index in [9.17, 15) is 0 Å². The lowest BCUT2D eigenvalue weighted by atomic mass is 10.1. The van der Waals surface area contributed by atoms with Crippen molar-refractivity contribution in [3.63, 3.8) is 0 Å². The Bertz CT molecular complexity index is 236. The molecule has 18 heavy (non-hydrogen) atoms. The topological polar surface area (TPSA) is 60.1 Å². The summed E-state index contributed by atoms with van der Waals surface area (Å²) in [7, 11) is 0. The van der Waals surface area contributed by atoms with Crippen molar-refractivity contribution in [2.24, 2.45) is 16.6 Å². The van der Waals surface area contributed by atoms with E-state index >= 15 is 0 Å². The first kappa shape index (κ1) is 15.2. The zero-order valence-electron chi connectivity index (χ0n) is 11.7. The van der Waals surface area contributed by atoms with Crippen LogP contribution < -0.4 is 5.73 Å². The number of aliphatic imine (C=N–C) groups is 1. The molecule has 1 fully saturated rings. The summed E-state index contributed by atoms with van der Waals surface area (Å²) < 4.78 is 10.9. The van der Waals surface area contributed by atoms with Crippen molar-refractivity contribution in [3.05, 3.63) is 0 Å². The molecule has 1 aliphatic rings. The van der Waals surface area contributed by atoms with Gasteiger partial charge in [-0.25, -0.2) is 0 Å². The minimum Gasteiger partial charge on any atom is -0.381 e. The molecule has 5 nitrogen and oxygen atoms in total. The third kappa shape index (κ3) is 5.69. The number of hydrogen-bond donors (Lipinski definition) is 1. The van der Waals surface area contributed by atoms with Crippen LogP contribution in [0.3, 0.4) is 0 Å². The first-order chi connectivity index (χ1) is 8.77. The van der Waals surface area contributed by atoms with Gasteiger partial charge in [0.05, 0.1) is 13.2 Å². The number of nitrogens with two attached hydrogens (primary N) is 1. The van der Waals surface area contributed by atoms with Crippen molar-refractivity contribution in [2.45, 2.75) is 26.7 Å². The molecule has 5 heteroatoms. The highest BCUT2D eigenvalue weighted by atomic mass is 16.5. The molecule has 1 saturated heterocycles. The molecular formula is C13H27N3O2. The Morgan fingerprint density at radius 2 is 2.22 bits per heavy atom. The molecule has 1 aliphatic heterocycles. The van der Waals surface area contributed by atoms with Crippen molar-refractivity contribution in [1.29, 1.82) is 0 Å². The van der Waals surface area contributed by atoms with Gasteiger partial charge in [-0.2, -0.15) is 0 Å². The van der Waals surface area contributed by atoms with Crippen molar-refractivity contribution in [3.8, 4) is 0 Å². The largest absolute Gasteiger partial charge is 0.381 e. The summed E-state index contributed by atoms with van der Waals surface area (Å²) in [5, 5.41) is 0. The number of rotatable bonds is 8. The van der Waals surface area contributed by atoms with Crippen LogP contribution in [0.5, 0.6) is 0 Å². The second-order valence-corrected chi connectivity index (χ2v) is 4.57. The standard InChI is InChI=1S/C13H27N3O2/c1-3-16(4-2)13(14)15-7-5-8-17-10-12-6-9-18-11-12/h12H,3-11H2,1-2H3,(H2,14,15). The van der Waals surface area contributed by atoms with Gasteiger partial charge in [-0.05, 0) is 26.7 Å². The number of nitrogens with zero attached hydrogens (tertiary/aromatic N) is 2. The van der Waals surface area contributed by atoms with E-state index in [0.717, 1.165) is 58.9 Å². The Morgan fingerprint density at radius 3 is 2.83 bits per heavy atom. The van der Waals surface area contributed by atoms with E-state index in [1.165, 1.54) is 0 Å². The van der Waals surface area contributed by atoms with Crippen LogP contribution in [-0.4, -0.2) is 56.9 Å². The molecule has 0 bridgehead atoms. The van der Waals surface area contributed by atoms with E-state index in [1.54, 1.807) is 0 Å². The summed E-state index contributed by atoms with van der Waals surface area (Å²) in [4.78, 5) is 6.40. The lowest BCUT2D eigenvalue weighted by Gasteiger charge is -2.19. The molecule has 0 amide bonds. The quantitative estimate of drug-likeness (QED) is 0.402. The Kier molecular flexibility index (Phi) is 7.76. The fourth-order valence-corrected chi connectivity index (χ4v) is 1.97. The second-order valence-electron chi connectivity index (χ2n) is 4.57. The molecule has 0 spiro atoms. The molecule has 0 aromatic heterocycles. The average Bonchev–Trinajstić information content (AvgIpc) is 2.88. The third-order valence-corrected chi connectivity index (χ3v) is 3.19. The monoisotopic (exact) mass is 257 g/mol. The Hall–Kier alpha value is -0.810. The average molecular weight is 257 g/mol. The van der Waals surface area contributed by atoms with Crippen LogP contribution in [-0.2, 0) is 9.47 Å². The molecule has 1 heterocycles. The van der Waals surface area contributed by atoms with Crippen LogP contribution in [0, 0.1) is 5.92 Å². The molecule has 0 aliphatic carbocycles. The molecule has 2 N–H and O–H groups in total. The Morgan fingerprint density at radius 1 is 1.44 bits per heavy atom. The Balaban J connectivity index is 2.01. The summed E-state index contributed by atoms with van der Waals surface area (Å²) in [6.45, 7) is 10.0. The van der Waals surface area contributed by atoms with Crippen molar-refractivity contribution < 1.29 is 9.47 Å². The summed E-state index contributed by atoms with van der Waals surface area (Å²) in [5.41, 5.74) is 5.87. The summed E-state index contributed by atoms with van der Waals surface area (Å²) in [6, 6.07) is 0. The normalized spacial score (nSPS) is 20.3. The predicted octanol–water partition coefficient (Wildman–Crippen LogP) is 1.09. The van der Waals surface area contributed by atoms with Gasteiger partial charge < -0.3 is 20.1 Å². The first-order valence-electron chi connectivity index (χ1n) is 6.98. The highest BCUT2D eigenvalue weighted by Gasteiger charge is 2.15. The second kappa shape index (κ2) is 9.16. The van der Waals surface area contributed by atoms with Gasteiger partial charge >= 0.3 is 0 Å². The smallest absolute Gasteiger partial charge is 0.191 e. The van der Waals surface area contributed by atoms with Crippen molar-refractivity contribution in [1.82, 2.24) is 4.90 Å². The van der Waals surface area contributed by atoms with Crippen LogP contribution >= 0.6 is 0 Å². The van der Waals surface area contributed by atoms with Crippen LogP contribution in [0.4, 0.5) is 0 Å². The Labute approximate surface area is 110 Å². The molecule has 0 aromatic rings. The van der Waals surface area contributed by atoms with Gasteiger partial charge in [0, 0.05) is 38.8 Å². The highest BCUT2D eigenvalue weighted by molar-refractivity contribution is 5.77. The summed E-state index contributed by atoms with van der Waals surface area (Å²) >= 11 is 0. The van der Waals surface area contributed by atoms with Crippen LogP contribution in [0.2, 0.25) is 0 Å². The van der Waals surface area contributed by atoms with Crippen molar-refractivity contribution >= 4 is 5.96 Å². The van der Waals surface area contributed by atoms with Gasteiger partial charge in [-0.1, -0.05) is 0 Å². The fraction of sp³-hybridized carbons (Fsp3) is 0.923.